The third kappa shape index (κ3) is 3.54. The van der Waals surface area contributed by atoms with E-state index in [0.717, 1.165) is 0 Å². The molecule has 2 aromatic carbocycles. The van der Waals surface area contributed by atoms with Gasteiger partial charge in [-0.1, -0.05) is 23.7 Å². The van der Waals surface area contributed by atoms with Crippen LogP contribution in [0.2, 0.25) is 5.02 Å². The van der Waals surface area contributed by atoms with E-state index in [0.29, 0.717) is 22.5 Å². The average molecular weight is 534 g/mol. The summed E-state index contributed by atoms with van der Waals surface area (Å²) in [7, 11) is 0. The number of hydrogen-bond acceptors (Lipinski definition) is 7. The van der Waals surface area contributed by atoms with E-state index in [9.17, 15) is 18.7 Å². The minimum Gasteiger partial charge on any atom is -0.506 e. The zero-order valence-corrected chi connectivity index (χ0v) is 20.5. The molecular weight excluding hydrogens is 516 g/mol. The van der Waals surface area contributed by atoms with Crippen LogP contribution in [0.1, 0.15) is 29.3 Å². The Labute approximate surface area is 219 Å². The number of phenols is 1. The van der Waals surface area contributed by atoms with E-state index in [1.165, 1.54) is 36.5 Å². The largest absolute Gasteiger partial charge is 0.506 e. The van der Waals surface area contributed by atoms with E-state index in [4.69, 9.17) is 17.3 Å². The number of phenolic OH excluding ortho intramolecular Hbond substituents is 1. The Bertz CT molecular complexity index is 1770. The van der Waals surface area contributed by atoms with Gasteiger partial charge in [0.1, 0.15) is 40.1 Å². The number of carbonyl (C=O) groups is 1. The molecular formula is C26H18ClF2N7O2. The first-order valence-corrected chi connectivity index (χ1v) is 11.8. The number of benzene rings is 2. The van der Waals surface area contributed by atoms with Crippen molar-refractivity contribution in [3.05, 3.63) is 94.0 Å². The summed E-state index contributed by atoms with van der Waals surface area (Å²) in [5, 5.41) is 13.0. The molecule has 9 nitrogen and oxygen atoms in total. The lowest BCUT2D eigenvalue weighted by Gasteiger charge is -2.23. The molecule has 0 spiro atoms. The fourth-order valence-corrected chi connectivity index (χ4v) is 4.83. The van der Waals surface area contributed by atoms with Gasteiger partial charge in [0.25, 0.3) is 0 Å². The van der Waals surface area contributed by atoms with Gasteiger partial charge in [0.05, 0.1) is 16.3 Å². The number of aromatic nitrogens is 5. The summed E-state index contributed by atoms with van der Waals surface area (Å²) in [6.45, 7) is 1.65. The van der Waals surface area contributed by atoms with Gasteiger partial charge in [-0.2, -0.15) is 0 Å². The van der Waals surface area contributed by atoms with Gasteiger partial charge in [-0.05, 0) is 36.8 Å². The number of nitrogen functional groups attached to an aromatic ring is 1. The van der Waals surface area contributed by atoms with Crippen molar-refractivity contribution in [3.63, 3.8) is 0 Å². The fraction of sp³-hybridized carbons (Fsp3) is 0.115. The Balaban J connectivity index is 1.47. The van der Waals surface area contributed by atoms with Gasteiger partial charge in [0.2, 0.25) is 5.91 Å². The van der Waals surface area contributed by atoms with Gasteiger partial charge in [-0.3, -0.25) is 4.79 Å². The maximum absolute atomic E-state index is 14.4. The normalized spacial score (nSPS) is 16.6. The number of aromatic hydroxyl groups is 1. The van der Waals surface area contributed by atoms with Crippen molar-refractivity contribution >= 4 is 34.8 Å². The second-order valence-corrected chi connectivity index (χ2v) is 9.42. The maximum Gasteiger partial charge on any atom is 0.240 e. The number of fused-ring (bicyclic) bond motifs is 2. The van der Waals surface area contributed by atoms with E-state index in [-0.39, 0.29) is 45.9 Å². The van der Waals surface area contributed by atoms with E-state index in [1.54, 1.807) is 29.8 Å². The van der Waals surface area contributed by atoms with Crippen LogP contribution in [0, 0.1) is 11.6 Å². The number of carbonyl (C=O) groups excluding carboxylic acids is 1. The first kappa shape index (κ1) is 23.7. The van der Waals surface area contributed by atoms with Crippen LogP contribution >= 0.6 is 11.6 Å². The number of imidazole rings is 1. The molecule has 4 heterocycles. The molecule has 0 saturated heterocycles. The molecule has 1 amide bonds. The van der Waals surface area contributed by atoms with Crippen molar-refractivity contribution in [1.29, 1.82) is 0 Å². The Morgan fingerprint density at radius 2 is 1.92 bits per heavy atom. The summed E-state index contributed by atoms with van der Waals surface area (Å²) < 4.78 is 30.4. The molecule has 0 radical (unpaired) electrons. The first-order valence-electron chi connectivity index (χ1n) is 11.4. The van der Waals surface area contributed by atoms with E-state index in [1.807, 2.05) is 0 Å². The molecule has 0 fully saturated rings. The lowest BCUT2D eigenvalue weighted by Crippen LogP contribution is -2.32. The SMILES string of the molecule is C[C@@]1(c2ccc(Cl)c(O)c2)C(=O)Nc2nc(-c3cn4ccnc4c(Cc4c(F)cccc4F)n3)nc(N)c21. The molecule has 0 aliphatic carbocycles. The number of anilines is 2. The van der Waals surface area contributed by atoms with E-state index in [2.05, 4.69) is 25.3 Å². The van der Waals surface area contributed by atoms with Crippen molar-refractivity contribution in [2.24, 2.45) is 0 Å². The second-order valence-electron chi connectivity index (χ2n) is 9.01. The molecule has 5 aromatic rings. The Kier molecular flexibility index (Phi) is 5.28. The van der Waals surface area contributed by atoms with Crippen LogP contribution in [0.3, 0.4) is 0 Å². The molecule has 6 rings (SSSR count). The zero-order chi connectivity index (χ0) is 26.8. The molecule has 0 saturated carbocycles. The molecule has 12 heteroatoms. The highest BCUT2D eigenvalue weighted by molar-refractivity contribution is 6.32. The lowest BCUT2D eigenvalue weighted by atomic mass is 9.77. The molecule has 1 aliphatic rings. The highest BCUT2D eigenvalue weighted by atomic mass is 35.5. The van der Waals surface area contributed by atoms with Crippen LogP contribution in [-0.2, 0) is 16.6 Å². The second kappa shape index (κ2) is 8.45. The van der Waals surface area contributed by atoms with Gasteiger partial charge in [-0.15, -0.1) is 0 Å². The summed E-state index contributed by atoms with van der Waals surface area (Å²) in [5.74, 6) is -1.69. The number of nitrogens with two attached hydrogens (primary N) is 1. The molecule has 38 heavy (non-hydrogen) atoms. The summed E-state index contributed by atoms with van der Waals surface area (Å²) in [6.07, 6.45) is 4.64. The van der Waals surface area contributed by atoms with Crippen molar-refractivity contribution in [2.45, 2.75) is 18.8 Å². The van der Waals surface area contributed by atoms with E-state index < -0.39 is 23.0 Å². The number of halogens is 3. The Morgan fingerprint density at radius 3 is 2.66 bits per heavy atom. The summed E-state index contributed by atoms with van der Waals surface area (Å²) in [5.41, 5.74) is 6.67. The summed E-state index contributed by atoms with van der Waals surface area (Å²) >= 11 is 5.95. The van der Waals surface area contributed by atoms with Gasteiger partial charge in [0, 0.05) is 30.6 Å². The average Bonchev–Trinajstić information content (AvgIpc) is 3.46. The van der Waals surface area contributed by atoms with Crippen LogP contribution < -0.4 is 11.1 Å². The maximum atomic E-state index is 14.4. The number of nitrogens with zero attached hydrogens (tertiary/aromatic N) is 5. The molecule has 4 N–H and O–H groups in total. The van der Waals surface area contributed by atoms with E-state index >= 15 is 0 Å². The van der Waals surface area contributed by atoms with Crippen molar-refractivity contribution in [3.8, 4) is 17.3 Å². The van der Waals surface area contributed by atoms with Crippen molar-refractivity contribution in [1.82, 2.24) is 24.3 Å². The van der Waals surface area contributed by atoms with Crippen LogP contribution in [0.25, 0.3) is 17.2 Å². The van der Waals surface area contributed by atoms with Crippen LogP contribution in [0.15, 0.2) is 55.0 Å². The Hall–Kier alpha value is -4.64. The van der Waals surface area contributed by atoms with Gasteiger partial charge < -0.3 is 20.6 Å². The minimum atomic E-state index is -1.30. The molecule has 0 bridgehead atoms. The number of nitrogens with one attached hydrogen (secondary N) is 1. The Morgan fingerprint density at radius 1 is 1.16 bits per heavy atom. The summed E-state index contributed by atoms with van der Waals surface area (Å²) in [6, 6.07) is 8.14. The molecule has 1 aliphatic heterocycles. The van der Waals surface area contributed by atoms with Crippen LogP contribution in [-0.4, -0.2) is 35.4 Å². The first-order chi connectivity index (χ1) is 18.2. The van der Waals surface area contributed by atoms with Crippen LogP contribution in [0.5, 0.6) is 5.75 Å². The van der Waals surface area contributed by atoms with Gasteiger partial charge >= 0.3 is 0 Å². The smallest absolute Gasteiger partial charge is 0.240 e. The zero-order valence-electron chi connectivity index (χ0n) is 19.7. The number of amides is 1. The topological polar surface area (TPSA) is 131 Å². The third-order valence-corrected chi connectivity index (χ3v) is 7.04. The predicted molar refractivity (Wildman–Crippen MR) is 136 cm³/mol. The number of rotatable bonds is 4. The summed E-state index contributed by atoms with van der Waals surface area (Å²) in [4.78, 5) is 30.9. The highest BCUT2D eigenvalue weighted by Gasteiger charge is 2.47. The van der Waals surface area contributed by atoms with Gasteiger partial charge in [0.15, 0.2) is 11.5 Å². The standard InChI is InChI=1S/C26H18ClF2N7O2/c1-26(12-5-6-14(27)19(37)9-12)20-21(30)33-22(34-23(20)35-25(26)38)18-11-36-8-7-31-24(36)17(32-18)10-13-15(28)3-2-4-16(13)29/h2-9,11,37H,10H2,1H3,(H3,30,33,34,35,38)/t26-/m0/s1. The predicted octanol–water partition coefficient (Wildman–Crippen LogP) is 4.25. The van der Waals surface area contributed by atoms with Crippen LogP contribution in [0.4, 0.5) is 20.4 Å². The molecule has 3 aromatic heterocycles. The minimum absolute atomic E-state index is 0.0227. The fourth-order valence-electron chi connectivity index (χ4n) is 4.71. The molecule has 0 unspecified atom stereocenters. The van der Waals surface area contributed by atoms with Crippen molar-refractivity contribution < 1.29 is 18.7 Å². The van der Waals surface area contributed by atoms with Gasteiger partial charge in [-0.25, -0.2) is 28.7 Å². The third-order valence-electron chi connectivity index (χ3n) is 6.73. The molecule has 190 valence electrons. The quantitative estimate of drug-likeness (QED) is 0.314. The lowest BCUT2D eigenvalue weighted by molar-refractivity contribution is -0.119. The monoisotopic (exact) mass is 533 g/mol. The molecule has 1 atom stereocenters. The van der Waals surface area contributed by atoms with Crippen molar-refractivity contribution in [2.75, 3.05) is 11.1 Å². The number of hydrogen-bond donors (Lipinski definition) is 3. The highest BCUT2D eigenvalue weighted by Crippen LogP contribution is 2.46.